The van der Waals surface area contributed by atoms with Crippen molar-refractivity contribution in [1.29, 1.82) is 0 Å². The molecule has 1 aliphatic carbocycles. The highest BCUT2D eigenvalue weighted by Crippen LogP contribution is 2.35. The van der Waals surface area contributed by atoms with Crippen LogP contribution in [0.4, 0.5) is 10.5 Å². The first-order chi connectivity index (χ1) is 14.6. The molecule has 1 aromatic rings. The summed E-state index contributed by atoms with van der Waals surface area (Å²) in [5.74, 6) is -0.205. The normalized spacial score (nSPS) is 21.3. The van der Waals surface area contributed by atoms with E-state index in [1.807, 2.05) is 18.2 Å². The Kier molecular flexibility index (Phi) is 6.37. The van der Waals surface area contributed by atoms with Crippen molar-refractivity contribution in [2.24, 2.45) is 0 Å². The van der Waals surface area contributed by atoms with Gasteiger partial charge in [-0.2, -0.15) is 0 Å². The van der Waals surface area contributed by atoms with Crippen molar-refractivity contribution in [3.05, 3.63) is 29.8 Å². The molecule has 3 aliphatic rings. The number of benzene rings is 1. The van der Waals surface area contributed by atoms with E-state index in [-0.39, 0.29) is 30.8 Å². The third-order valence-electron chi connectivity index (χ3n) is 6.55. The van der Waals surface area contributed by atoms with Crippen LogP contribution in [0.25, 0.3) is 0 Å². The van der Waals surface area contributed by atoms with E-state index in [4.69, 9.17) is 0 Å². The van der Waals surface area contributed by atoms with Gasteiger partial charge in [0.05, 0.1) is 0 Å². The summed E-state index contributed by atoms with van der Waals surface area (Å²) in [6.07, 6.45) is 7.97. The second kappa shape index (κ2) is 9.16. The van der Waals surface area contributed by atoms with E-state index in [1.165, 1.54) is 29.7 Å². The molecular formula is C23H32N4O3. The Morgan fingerprint density at radius 1 is 1.07 bits per heavy atom. The van der Waals surface area contributed by atoms with E-state index < -0.39 is 5.54 Å². The first-order valence-electron chi connectivity index (χ1n) is 11.3. The molecule has 0 atom stereocenters. The number of anilines is 1. The fourth-order valence-corrected chi connectivity index (χ4v) is 4.94. The number of nitrogens with zero attached hydrogens (tertiary/aromatic N) is 2. The lowest BCUT2D eigenvalue weighted by molar-refractivity contribution is -0.131. The minimum absolute atomic E-state index is 0.0900. The molecular weight excluding hydrogens is 380 g/mol. The second-order valence-electron chi connectivity index (χ2n) is 8.87. The van der Waals surface area contributed by atoms with Gasteiger partial charge >= 0.3 is 6.03 Å². The molecule has 1 spiro atoms. The highest BCUT2D eigenvalue weighted by atomic mass is 16.2. The van der Waals surface area contributed by atoms with E-state index >= 15 is 0 Å². The van der Waals surface area contributed by atoms with Crippen molar-refractivity contribution in [2.75, 3.05) is 25.0 Å². The summed E-state index contributed by atoms with van der Waals surface area (Å²) in [7, 11) is 0. The van der Waals surface area contributed by atoms with E-state index in [1.54, 1.807) is 0 Å². The zero-order chi connectivity index (χ0) is 21.0. The molecule has 2 heterocycles. The summed E-state index contributed by atoms with van der Waals surface area (Å²) in [6, 6.07) is 7.70. The number of hydrogen-bond donors (Lipinski definition) is 2. The highest BCUT2D eigenvalue weighted by molar-refractivity contribution is 6.07. The third kappa shape index (κ3) is 4.67. The van der Waals surface area contributed by atoms with Gasteiger partial charge in [0.15, 0.2) is 0 Å². The number of hydrogen-bond acceptors (Lipinski definition) is 4. The van der Waals surface area contributed by atoms with Crippen LogP contribution >= 0.6 is 0 Å². The monoisotopic (exact) mass is 412 g/mol. The lowest BCUT2D eigenvalue weighted by atomic mass is 9.98. The molecule has 0 radical (unpaired) electrons. The van der Waals surface area contributed by atoms with Crippen molar-refractivity contribution < 1.29 is 14.4 Å². The van der Waals surface area contributed by atoms with Crippen LogP contribution in [0.1, 0.15) is 63.4 Å². The minimum Gasteiger partial charge on any atom is -0.326 e. The molecule has 4 rings (SSSR count). The van der Waals surface area contributed by atoms with Gasteiger partial charge in [-0.05, 0) is 62.9 Å². The van der Waals surface area contributed by atoms with Crippen molar-refractivity contribution >= 4 is 23.5 Å². The molecule has 3 fully saturated rings. The smallest absolute Gasteiger partial charge is 0.325 e. The molecule has 162 valence electrons. The SMILES string of the molecule is O=C(CCCN1C(=O)NC2(CCCC2)C1=O)Nc1cccc(CN2CCCCC2)c1. The molecule has 2 N–H and O–H groups in total. The molecule has 1 aromatic carbocycles. The maximum atomic E-state index is 12.6. The average Bonchev–Trinajstić information content (AvgIpc) is 3.29. The van der Waals surface area contributed by atoms with Crippen LogP contribution in [-0.4, -0.2) is 52.8 Å². The van der Waals surface area contributed by atoms with Gasteiger partial charge in [-0.15, -0.1) is 0 Å². The molecule has 2 aliphatic heterocycles. The van der Waals surface area contributed by atoms with Gasteiger partial charge in [-0.1, -0.05) is 31.4 Å². The predicted molar refractivity (Wildman–Crippen MR) is 115 cm³/mol. The third-order valence-corrected chi connectivity index (χ3v) is 6.55. The maximum absolute atomic E-state index is 12.6. The molecule has 0 bridgehead atoms. The van der Waals surface area contributed by atoms with Crippen LogP contribution in [0.3, 0.4) is 0 Å². The number of nitrogens with one attached hydrogen (secondary N) is 2. The van der Waals surface area contributed by atoms with Gasteiger partial charge in [-0.3, -0.25) is 19.4 Å². The van der Waals surface area contributed by atoms with Crippen molar-refractivity contribution in [3.8, 4) is 0 Å². The first kappa shape index (κ1) is 20.8. The topological polar surface area (TPSA) is 81.8 Å². The summed E-state index contributed by atoms with van der Waals surface area (Å²) in [5.41, 5.74) is 1.33. The van der Waals surface area contributed by atoms with Gasteiger partial charge < -0.3 is 10.6 Å². The zero-order valence-electron chi connectivity index (χ0n) is 17.6. The summed E-state index contributed by atoms with van der Waals surface area (Å²) in [5, 5.41) is 5.83. The Morgan fingerprint density at radius 3 is 2.60 bits per heavy atom. The van der Waals surface area contributed by atoms with Crippen LogP contribution in [0, 0.1) is 0 Å². The second-order valence-corrected chi connectivity index (χ2v) is 8.87. The summed E-state index contributed by atoms with van der Waals surface area (Å²) in [6.45, 7) is 3.48. The van der Waals surface area contributed by atoms with E-state index in [2.05, 4.69) is 21.6 Å². The van der Waals surface area contributed by atoms with Gasteiger partial charge in [0, 0.05) is 25.2 Å². The number of carbonyl (C=O) groups is 3. The van der Waals surface area contributed by atoms with E-state index in [0.29, 0.717) is 6.42 Å². The van der Waals surface area contributed by atoms with Gasteiger partial charge in [0.25, 0.3) is 5.91 Å². The Labute approximate surface area is 178 Å². The quantitative estimate of drug-likeness (QED) is 0.674. The van der Waals surface area contributed by atoms with Gasteiger partial charge in [0.1, 0.15) is 5.54 Å². The molecule has 30 heavy (non-hydrogen) atoms. The Bertz CT molecular complexity index is 797. The van der Waals surface area contributed by atoms with Crippen LogP contribution in [0.2, 0.25) is 0 Å². The standard InChI is InChI=1S/C23H32N4O3/c28-20(10-7-15-27-21(29)23(25-22(27)30)11-2-3-12-23)24-19-9-6-8-18(16-19)17-26-13-4-1-5-14-26/h6,8-9,16H,1-5,7,10-15,17H2,(H,24,28)(H,25,30). The summed E-state index contributed by atoms with van der Waals surface area (Å²) in [4.78, 5) is 41.0. The van der Waals surface area contributed by atoms with Crippen molar-refractivity contribution in [3.63, 3.8) is 0 Å². The Morgan fingerprint density at radius 2 is 1.83 bits per heavy atom. The van der Waals surface area contributed by atoms with Crippen molar-refractivity contribution in [1.82, 2.24) is 15.1 Å². The van der Waals surface area contributed by atoms with Gasteiger partial charge in [-0.25, -0.2) is 4.79 Å². The molecule has 7 heteroatoms. The number of imide groups is 1. The minimum atomic E-state index is -0.672. The number of carbonyl (C=O) groups excluding carboxylic acids is 3. The van der Waals surface area contributed by atoms with Gasteiger partial charge in [0.2, 0.25) is 5.91 Å². The molecule has 2 saturated heterocycles. The molecule has 4 amide bonds. The van der Waals surface area contributed by atoms with E-state index in [0.717, 1.165) is 51.0 Å². The fraction of sp³-hybridized carbons (Fsp3) is 0.609. The fourth-order valence-electron chi connectivity index (χ4n) is 4.94. The average molecular weight is 413 g/mol. The molecule has 7 nitrogen and oxygen atoms in total. The molecule has 0 unspecified atom stereocenters. The highest BCUT2D eigenvalue weighted by Gasteiger charge is 2.52. The number of likely N-dealkylation sites (tertiary alicyclic amines) is 1. The molecule has 0 aromatic heterocycles. The first-order valence-corrected chi connectivity index (χ1v) is 11.3. The van der Waals surface area contributed by atoms with Crippen LogP contribution < -0.4 is 10.6 Å². The summed E-state index contributed by atoms with van der Waals surface area (Å²) >= 11 is 0. The largest absolute Gasteiger partial charge is 0.326 e. The van der Waals surface area contributed by atoms with Crippen LogP contribution in [0.5, 0.6) is 0 Å². The van der Waals surface area contributed by atoms with Crippen LogP contribution in [-0.2, 0) is 16.1 Å². The maximum Gasteiger partial charge on any atom is 0.325 e. The predicted octanol–water partition coefficient (Wildman–Crippen LogP) is 3.26. The molecule has 1 saturated carbocycles. The number of amides is 4. The van der Waals surface area contributed by atoms with Crippen LogP contribution in [0.15, 0.2) is 24.3 Å². The lowest BCUT2D eigenvalue weighted by Crippen LogP contribution is -2.44. The number of rotatable bonds is 7. The number of piperidine rings is 1. The van der Waals surface area contributed by atoms with Crippen molar-refractivity contribution in [2.45, 2.75) is 69.9 Å². The van der Waals surface area contributed by atoms with E-state index in [9.17, 15) is 14.4 Å². The Hall–Kier alpha value is -2.41. The summed E-state index contributed by atoms with van der Waals surface area (Å²) < 4.78 is 0. The lowest BCUT2D eigenvalue weighted by Gasteiger charge is -2.26. The number of urea groups is 1. The Balaban J connectivity index is 1.24. The zero-order valence-corrected chi connectivity index (χ0v) is 17.6.